The highest BCUT2D eigenvalue weighted by Gasteiger charge is 2.27. The Labute approximate surface area is 145 Å². The first-order valence-electron chi connectivity index (χ1n) is 8.08. The first-order valence-corrected chi connectivity index (χ1v) is 8.08. The molecule has 1 atom stereocenters. The summed E-state index contributed by atoms with van der Waals surface area (Å²) in [6.45, 7) is 1.06. The highest BCUT2D eigenvalue weighted by atomic mass is 16.5. The number of hydrogen-bond donors (Lipinski definition) is 1. The van der Waals surface area contributed by atoms with Crippen molar-refractivity contribution in [1.82, 2.24) is 15.5 Å². The molecule has 1 amide bonds. The number of carbonyl (C=O) groups is 1. The Hall–Kier alpha value is -2.61. The lowest BCUT2D eigenvalue weighted by Crippen LogP contribution is -2.38. The molecule has 134 valence electrons. The monoisotopic (exact) mass is 347 g/mol. The Balaban J connectivity index is 1.50. The minimum Gasteiger partial charge on any atom is -0.493 e. The standard InChI is InChI=1S/C17H21N3O5/c1-22-10-14-19-15(25-20-14)6-7-18-17(21)12-8-11-4-3-5-13(23-2)16(11)24-9-12/h3-5,12H,6-10H2,1-2H3,(H,18,21)/t12-/m1/s1. The van der Waals surface area contributed by atoms with Crippen molar-refractivity contribution < 1.29 is 23.5 Å². The van der Waals surface area contributed by atoms with Gasteiger partial charge in [-0.3, -0.25) is 4.79 Å². The molecule has 1 aliphatic rings. The normalized spacial score (nSPS) is 16.0. The lowest BCUT2D eigenvalue weighted by atomic mass is 9.95. The average Bonchev–Trinajstić information content (AvgIpc) is 3.08. The molecule has 1 aromatic heterocycles. The molecule has 1 aromatic carbocycles. The number of rotatable bonds is 7. The molecule has 1 N–H and O–H groups in total. The van der Waals surface area contributed by atoms with E-state index in [4.69, 9.17) is 18.7 Å². The van der Waals surface area contributed by atoms with E-state index in [1.165, 1.54) is 0 Å². The summed E-state index contributed by atoms with van der Waals surface area (Å²) in [4.78, 5) is 16.5. The van der Waals surface area contributed by atoms with E-state index in [9.17, 15) is 4.79 Å². The van der Waals surface area contributed by atoms with Crippen LogP contribution >= 0.6 is 0 Å². The van der Waals surface area contributed by atoms with Gasteiger partial charge in [-0.15, -0.1) is 0 Å². The van der Waals surface area contributed by atoms with Crippen molar-refractivity contribution in [3.63, 3.8) is 0 Å². The number of aromatic nitrogens is 2. The molecule has 0 saturated heterocycles. The van der Waals surface area contributed by atoms with Gasteiger partial charge in [0, 0.05) is 20.1 Å². The number of nitrogens with one attached hydrogen (secondary N) is 1. The van der Waals surface area contributed by atoms with Crippen LogP contribution in [0.4, 0.5) is 0 Å². The van der Waals surface area contributed by atoms with Gasteiger partial charge in [-0.1, -0.05) is 17.3 Å². The zero-order valence-electron chi connectivity index (χ0n) is 14.3. The molecular formula is C17H21N3O5. The number of benzene rings is 1. The van der Waals surface area contributed by atoms with Gasteiger partial charge in [0.15, 0.2) is 17.3 Å². The topological polar surface area (TPSA) is 95.7 Å². The van der Waals surface area contributed by atoms with Gasteiger partial charge in [0.2, 0.25) is 11.8 Å². The molecule has 8 nitrogen and oxygen atoms in total. The van der Waals surface area contributed by atoms with Crippen LogP contribution in [0.25, 0.3) is 0 Å². The van der Waals surface area contributed by atoms with E-state index in [-0.39, 0.29) is 11.8 Å². The van der Waals surface area contributed by atoms with E-state index in [2.05, 4.69) is 15.5 Å². The Kier molecular flexibility index (Phi) is 5.49. The smallest absolute Gasteiger partial charge is 0.228 e. The molecule has 1 aliphatic heterocycles. The Morgan fingerprint density at radius 3 is 3.08 bits per heavy atom. The SMILES string of the molecule is COCc1noc(CCNC(=O)[C@H]2COc3c(cccc3OC)C2)n1. The van der Waals surface area contributed by atoms with Crippen LogP contribution in [-0.2, 0) is 29.0 Å². The molecule has 0 radical (unpaired) electrons. The van der Waals surface area contributed by atoms with Gasteiger partial charge < -0.3 is 24.1 Å². The van der Waals surface area contributed by atoms with Crippen molar-refractivity contribution in [3.05, 3.63) is 35.5 Å². The Morgan fingerprint density at radius 2 is 2.28 bits per heavy atom. The third-order valence-electron chi connectivity index (χ3n) is 3.97. The van der Waals surface area contributed by atoms with Crippen LogP contribution in [0.1, 0.15) is 17.3 Å². The lowest BCUT2D eigenvalue weighted by Gasteiger charge is -2.25. The summed E-state index contributed by atoms with van der Waals surface area (Å²) in [5, 5.41) is 6.67. The number of ether oxygens (including phenoxy) is 3. The molecule has 0 fully saturated rings. The molecule has 0 spiro atoms. The number of amides is 1. The molecule has 25 heavy (non-hydrogen) atoms. The van der Waals surface area contributed by atoms with E-state index in [0.717, 1.165) is 11.3 Å². The largest absolute Gasteiger partial charge is 0.493 e. The summed E-state index contributed by atoms with van der Waals surface area (Å²) >= 11 is 0. The van der Waals surface area contributed by atoms with Crippen LogP contribution in [0, 0.1) is 5.92 Å². The first kappa shape index (κ1) is 17.2. The van der Waals surface area contributed by atoms with E-state index >= 15 is 0 Å². The summed E-state index contributed by atoms with van der Waals surface area (Å²) < 4.78 is 21.0. The van der Waals surface area contributed by atoms with Crippen LogP contribution in [0.15, 0.2) is 22.7 Å². The van der Waals surface area contributed by atoms with Crippen molar-refractivity contribution >= 4 is 5.91 Å². The quantitative estimate of drug-likeness (QED) is 0.802. The Morgan fingerprint density at radius 1 is 1.40 bits per heavy atom. The molecule has 0 bridgehead atoms. The van der Waals surface area contributed by atoms with Gasteiger partial charge in [-0.05, 0) is 18.1 Å². The van der Waals surface area contributed by atoms with Gasteiger partial charge in [0.05, 0.1) is 13.0 Å². The first-order chi connectivity index (χ1) is 12.2. The van der Waals surface area contributed by atoms with Gasteiger partial charge in [0.1, 0.15) is 13.2 Å². The van der Waals surface area contributed by atoms with Gasteiger partial charge in [0.25, 0.3) is 0 Å². The molecule has 2 heterocycles. The second kappa shape index (κ2) is 7.98. The van der Waals surface area contributed by atoms with Crippen LogP contribution in [0.3, 0.4) is 0 Å². The average molecular weight is 347 g/mol. The molecular weight excluding hydrogens is 326 g/mol. The second-order valence-electron chi connectivity index (χ2n) is 5.74. The predicted octanol–water partition coefficient (Wildman–Crippen LogP) is 1.13. The van der Waals surface area contributed by atoms with E-state index in [1.54, 1.807) is 14.2 Å². The summed E-state index contributed by atoms with van der Waals surface area (Å²) in [6.07, 6.45) is 1.09. The zero-order valence-corrected chi connectivity index (χ0v) is 14.3. The highest BCUT2D eigenvalue weighted by Crippen LogP contribution is 2.35. The van der Waals surface area contributed by atoms with Crippen molar-refractivity contribution in [2.24, 2.45) is 5.92 Å². The van der Waals surface area contributed by atoms with Crippen LogP contribution < -0.4 is 14.8 Å². The van der Waals surface area contributed by atoms with E-state index in [1.807, 2.05) is 18.2 Å². The van der Waals surface area contributed by atoms with Crippen LogP contribution in [0.5, 0.6) is 11.5 Å². The fraction of sp³-hybridized carbons (Fsp3) is 0.471. The number of hydrogen-bond acceptors (Lipinski definition) is 7. The van der Waals surface area contributed by atoms with Crippen LogP contribution in [-0.4, -0.2) is 43.4 Å². The van der Waals surface area contributed by atoms with Gasteiger partial charge in [-0.2, -0.15) is 4.98 Å². The van der Waals surface area contributed by atoms with Gasteiger partial charge >= 0.3 is 0 Å². The number of fused-ring (bicyclic) bond motifs is 1. The fourth-order valence-corrected chi connectivity index (χ4v) is 2.74. The molecule has 0 aliphatic carbocycles. The van der Waals surface area contributed by atoms with Crippen molar-refractivity contribution in [1.29, 1.82) is 0 Å². The zero-order chi connectivity index (χ0) is 17.6. The third-order valence-corrected chi connectivity index (χ3v) is 3.97. The molecule has 8 heteroatoms. The Bertz CT molecular complexity index is 731. The van der Waals surface area contributed by atoms with Crippen molar-refractivity contribution in [2.45, 2.75) is 19.4 Å². The molecule has 0 saturated carbocycles. The fourth-order valence-electron chi connectivity index (χ4n) is 2.74. The molecule has 3 rings (SSSR count). The maximum atomic E-state index is 12.4. The number of nitrogens with zero attached hydrogens (tertiary/aromatic N) is 2. The summed E-state index contributed by atoms with van der Waals surface area (Å²) in [6, 6.07) is 5.70. The lowest BCUT2D eigenvalue weighted by molar-refractivity contribution is -0.126. The maximum absolute atomic E-state index is 12.4. The third kappa shape index (κ3) is 4.08. The highest BCUT2D eigenvalue weighted by molar-refractivity contribution is 5.79. The minimum atomic E-state index is -0.230. The summed E-state index contributed by atoms with van der Waals surface area (Å²) in [5.74, 6) is 2.11. The van der Waals surface area contributed by atoms with E-state index < -0.39 is 0 Å². The summed E-state index contributed by atoms with van der Waals surface area (Å²) in [5.41, 5.74) is 0.979. The minimum absolute atomic E-state index is 0.0508. The molecule has 2 aromatic rings. The number of carbonyl (C=O) groups excluding carboxylic acids is 1. The van der Waals surface area contributed by atoms with Crippen molar-refractivity contribution in [3.8, 4) is 11.5 Å². The number of methoxy groups -OCH3 is 2. The van der Waals surface area contributed by atoms with Gasteiger partial charge in [-0.25, -0.2) is 0 Å². The number of para-hydroxylation sites is 1. The molecule has 0 unspecified atom stereocenters. The van der Waals surface area contributed by atoms with Crippen molar-refractivity contribution in [2.75, 3.05) is 27.4 Å². The maximum Gasteiger partial charge on any atom is 0.228 e. The van der Waals surface area contributed by atoms with Crippen LogP contribution in [0.2, 0.25) is 0 Å². The van der Waals surface area contributed by atoms with E-state index in [0.29, 0.717) is 50.1 Å². The predicted molar refractivity (Wildman–Crippen MR) is 87.4 cm³/mol. The summed E-state index contributed by atoms with van der Waals surface area (Å²) in [7, 11) is 3.17. The second-order valence-corrected chi connectivity index (χ2v) is 5.74.